The maximum Gasteiger partial charge on any atom is 0.261 e. The molecule has 2 aliphatic rings. The topological polar surface area (TPSA) is 32.8 Å². The van der Waals surface area contributed by atoms with Gasteiger partial charge >= 0.3 is 0 Å². The Morgan fingerprint density at radius 2 is 1.83 bits per heavy atom. The molecule has 4 nitrogen and oxygen atoms in total. The van der Waals surface area contributed by atoms with Crippen LogP contribution in [-0.2, 0) is 11.2 Å². The lowest BCUT2D eigenvalue weighted by atomic mass is 10.1. The van der Waals surface area contributed by atoms with Crippen molar-refractivity contribution in [1.82, 2.24) is 0 Å². The molecule has 1 amide bonds. The number of rotatable bonds is 2. The second-order valence-electron chi connectivity index (χ2n) is 6.10. The normalized spacial score (nSPS) is 17.0. The Balaban J connectivity index is 1.65. The summed E-state index contributed by atoms with van der Waals surface area (Å²) in [5.74, 6) is -0.744. The quantitative estimate of drug-likeness (QED) is 0.851. The molecular weight excluding hydrogens is 307 g/mol. The van der Waals surface area contributed by atoms with E-state index in [-0.39, 0.29) is 11.5 Å². The van der Waals surface area contributed by atoms with E-state index in [9.17, 15) is 9.18 Å². The molecule has 5 heteroatoms. The van der Waals surface area contributed by atoms with Crippen LogP contribution in [0.5, 0.6) is 0 Å². The van der Waals surface area contributed by atoms with Crippen LogP contribution in [0.2, 0.25) is 0 Å². The summed E-state index contributed by atoms with van der Waals surface area (Å²) >= 11 is 0. The molecule has 0 aromatic heterocycles. The van der Waals surface area contributed by atoms with Gasteiger partial charge in [-0.1, -0.05) is 18.2 Å². The van der Waals surface area contributed by atoms with Crippen molar-refractivity contribution in [3.8, 4) is 0 Å². The van der Waals surface area contributed by atoms with Gasteiger partial charge in [0.15, 0.2) is 0 Å². The van der Waals surface area contributed by atoms with Crippen LogP contribution in [0.4, 0.5) is 15.8 Å². The van der Waals surface area contributed by atoms with E-state index < -0.39 is 5.82 Å². The Kier molecular flexibility index (Phi) is 3.94. The number of fused-ring (bicyclic) bond motifs is 1. The van der Waals surface area contributed by atoms with Gasteiger partial charge in [0.25, 0.3) is 5.91 Å². The first kappa shape index (κ1) is 15.1. The Labute approximate surface area is 140 Å². The van der Waals surface area contributed by atoms with Crippen molar-refractivity contribution in [2.45, 2.75) is 6.42 Å². The molecule has 0 unspecified atom stereocenters. The maximum absolute atomic E-state index is 14.0. The average molecular weight is 326 g/mol. The van der Waals surface area contributed by atoms with E-state index >= 15 is 0 Å². The molecule has 124 valence electrons. The average Bonchev–Trinajstić information content (AvgIpc) is 3.05. The van der Waals surface area contributed by atoms with Gasteiger partial charge in [0.2, 0.25) is 0 Å². The highest BCUT2D eigenvalue weighted by Crippen LogP contribution is 2.33. The van der Waals surface area contributed by atoms with E-state index in [1.54, 1.807) is 23.1 Å². The number of nitrogens with zero attached hydrogens (tertiary/aromatic N) is 2. The van der Waals surface area contributed by atoms with Gasteiger partial charge in [-0.2, -0.15) is 0 Å². The first-order chi connectivity index (χ1) is 11.7. The van der Waals surface area contributed by atoms with Gasteiger partial charge in [0, 0.05) is 31.0 Å². The molecule has 0 N–H and O–H groups in total. The Bertz CT molecular complexity index is 772. The van der Waals surface area contributed by atoms with Gasteiger partial charge in [0.05, 0.1) is 18.8 Å². The number of anilines is 2. The van der Waals surface area contributed by atoms with Crippen LogP contribution in [0.1, 0.15) is 15.9 Å². The molecule has 0 bridgehead atoms. The molecule has 1 saturated heterocycles. The highest BCUT2D eigenvalue weighted by Gasteiger charge is 2.28. The fourth-order valence-electron chi connectivity index (χ4n) is 3.38. The van der Waals surface area contributed by atoms with Gasteiger partial charge in [-0.15, -0.1) is 0 Å². The van der Waals surface area contributed by atoms with Gasteiger partial charge in [-0.05, 0) is 36.2 Å². The number of halogens is 1. The van der Waals surface area contributed by atoms with E-state index in [1.807, 2.05) is 6.07 Å². The number of ether oxygens (including phenoxy) is 1. The molecule has 2 aromatic carbocycles. The molecular formula is C19H19FN2O2. The lowest BCUT2D eigenvalue weighted by Gasteiger charge is -2.29. The van der Waals surface area contributed by atoms with Crippen molar-refractivity contribution in [2.24, 2.45) is 0 Å². The first-order valence-corrected chi connectivity index (χ1v) is 8.26. The maximum atomic E-state index is 14.0. The predicted octanol–water partition coefficient (Wildman–Crippen LogP) is 2.87. The molecule has 24 heavy (non-hydrogen) atoms. The summed E-state index contributed by atoms with van der Waals surface area (Å²) in [5.41, 5.74) is 3.25. The molecule has 0 atom stereocenters. The number of carbonyl (C=O) groups is 1. The first-order valence-electron chi connectivity index (χ1n) is 8.26. The van der Waals surface area contributed by atoms with Crippen LogP contribution in [0, 0.1) is 5.82 Å². The zero-order valence-corrected chi connectivity index (χ0v) is 13.4. The Morgan fingerprint density at radius 3 is 2.62 bits per heavy atom. The molecule has 0 spiro atoms. The molecule has 0 aliphatic carbocycles. The fourth-order valence-corrected chi connectivity index (χ4v) is 3.38. The summed E-state index contributed by atoms with van der Waals surface area (Å²) < 4.78 is 19.4. The molecule has 0 saturated carbocycles. The number of carbonyl (C=O) groups excluding carboxylic acids is 1. The lowest BCUT2D eigenvalue weighted by Crippen LogP contribution is -2.36. The van der Waals surface area contributed by atoms with Gasteiger partial charge in [-0.3, -0.25) is 4.79 Å². The van der Waals surface area contributed by atoms with E-state index in [2.05, 4.69) is 17.0 Å². The largest absolute Gasteiger partial charge is 0.378 e. The highest BCUT2D eigenvalue weighted by molar-refractivity contribution is 6.07. The van der Waals surface area contributed by atoms with Crippen LogP contribution in [-0.4, -0.2) is 38.8 Å². The van der Waals surface area contributed by atoms with Crippen LogP contribution < -0.4 is 9.80 Å². The van der Waals surface area contributed by atoms with Crippen LogP contribution in [0.15, 0.2) is 42.5 Å². The third-order valence-corrected chi connectivity index (χ3v) is 4.69. The zero-order valence-electron chi connectivity index (χ0n) is 13.4. The Hall–Kier alpha value is -2.40. The Morgan fingerprint density at radius 1 is 1.04 bits per heavy atom. The van der Waals surface area contributed by atoms with Crippen molar-refractivity contribution < 1.29 is 13.9 Å². The molecule has 0 radical (unpaired) electrons. The number of hydrogen-bond acceptors (Lipinski definition) is 3. The van der Waals surface area contributed by atoms with E-state index in [0.717, 1.165) is 49.7 Å². The second-order valence-corrected chi connectivity index (χ2v) is 6.10. The number of morpholine rings is 1. The van der Waals surface area contributed by atoms with Crippen molar-refractivity contribution in [3.05, 3.63) is 59.4 Å². The standard InChI is InChI=1S/C19H19FN2O2/c20-17-4-2-1-3-16(17)19(23)22-8-7-14-5-6-15(13-18(14)22)21-9-11-24-12-10-21/h1-6,13H,7-12H2. The van der Waals surface area contributed by atoms with Crippen molar-refractivity contribution in [3.63, 3.8) is 0 Å². The van der Waals surface area contributed by atoms with Crippen LogP contribution in [0.3, 0.4) is 0 Å². The molecule has 2 heterocycles. The molecule has 2 aliphatic heterocycles. The molecule has 2 aromatic rings. The van der Waals surface area contributed by atoms with Crippen molar-refractivity contribution in [2.75, 3.05) is 42.6 Å². The minimum absolute atomic E-state index is 0.127. The van der Waals surface area contributed by atoms with E-state index in [0.29, 0.717) is 6.54 Å². The lowest BCUT2D eigenvalue weighted by molar-refractivity contribution is 0.0985. The minimum Gasteiger partial charge on any atom is -0.378 e. The van der Waals surface area contributed by atoms with Gasteiger partial charge in [0.1, 0.15) is 5.82 Å². The summed E-state index contributed by atoms with van der Waals surface area (Å²) in [7, 11) is 0. The number of amides is 1. The SMILES string of the molecule is O=C(c1ccccc1F)N1CCc2ccc(N3CCOCC3)cc21. The predicted molar refractivity (Wildman–Crippen MR) is 91.3 cm³/mol. The van der Waals surface area contributed by atoms with Gasteiger partial charge in [-0.25, -0.2) is 4.39 Å². The summed E-state index contributed by atoms with van der Waals surface area (Å²) in [6.07, 6.45) is 0.804. The fraction of sp³-hybridized carbons (Fsp3) is 0.316. The molecule has 1 fully saturated rings. The summed E-state index contributed by atoms with van der Waals surface area (Å²) in [4.78, 5) is 16.7. The second kappa shape index (κ2) is 6.24. The highest BCUT2D eigenvalue weighted by atomic mass is 19.1. The monoisotopic (exact) mass is 326 g/mol. The summed E-state index contributed by atoms with van der Waals surface area (Å²) in [6, 6.07) is 12.4. The smallest absolute Gasteiger partial charge is 0.261 e. The van der Waals surface area contributed by atoms with Crippen molar-refractivity contribution in [1.29, 1.82) is 0 Å². The molecule has 4 rings (SSSR count). The van der Waals surface area contributed by atoms with E-state index in [4.69, 9.17) is 4.74 Å². The van der Waals surface area contributed by atoms with Crippen molar-refractivity contribution >= 4 is 17.3 Å². The third kappa shape index (κ3) is 2.65. The zero-order chi connectivity index (χ0) is 16.5. The minimum atomic E-state index is -0.472. The summed E-state index contributed by atoms with van der Waals surface area (Å²) in [5, 5.41) is 0. The van der Waals surface area contributed by atoms with Crippen LogP contribution in [0.25, 0.3) is 0 Å². The number of benzene rings is 2. The third-order valence-electron chi connectivity index (χ3n) is 4.69. The van der Waals surface area contributed by atoms with E-state index in [1.165, 1.54) is 6.07 Å². The summed E-state index contributed by atoms with van der Waals surface area (Å²) in [6.45, 7) is 3.72. The van der Waals surface area contributed by atoms with Crippen LogP contribution >= 0.6 is 0 Å². The van der Waals surface area contributed by atoms with Gasteiger partial charge < -0.3 is 14.5 Å². The number of hydrogen-bond donors (Lipinski definition) is 0.